The third-order valence-electron chi connectivity index (χ3n) is 4.25. The van der Waals surface area contributed by atoms with Crippen molar-refractivity contribution in [1.29, 1.82) is 0 Å². The van der Waals surface area contributed by atoms with Gasteiger partial charge in [-0.25, -0.2) is 0 Å². The zero-order valence-corrected chi connectivity index (χ0v) is 14.2. The predicted molar refractivity (Wildman–Crippen MR) is 94.6 cm³/mol. The molecule has 2 aromatic rings. The maximum Gasteiger partial charge on any atom is 0.316 e. The fraction of sp³-hybridized carbons (Fsp3) is 0.263. The van der Waals surface area contributed by atoms with Crippen LogP contribution in [0.1, 0.15) is 5.56 Å². The van der Waals surface area contributed by atoms with Gasteiger partial charge in [0.1, 0.15) is 25.0 Å². The fourth-order valence-electron chi connectivity index (χ4n) is 2.85. The summed E-state index contributed by atoms with van der Waals surface area (Å²) >= 11 is 0. The van der Waals surface area contributed by atoms with Gasteiger partial charge in [0, 0.05) is 12.1 Å². The fourth-order valence-corrected chi connectivity index (χ4v) is 2.85. The Labute approximate surface area is 147 Å². The van der Waals surface area contributed by atoms with Gasteiger partial charge in [-0.2, -0.15) is 0 Å². The summed E-state index contributed by atoms with van der Waals surface area (Å²) in [6.07, 6.45) is 5.00. The van der Waals surface area contributed by atoms with Crippen LogP contribution in [-0.2, 0) is 4.79 Å². The Kier molecular flexibility index (Phi) is 5.18. The van der Waals surface area contributed by atoms with Gasteiger partial charge in [-0.1, -0.05) is 22.9 Å². The number of rotatable bonds is 4. The molecule has 1 fully saturated rings. The number of methoxy groups -OCH3 is 1. The number of hydrogen-bond donors (Lipinski definition) is 1. The largest absolute Gasteiger partial charge is 0.497 e. The van der Waals surface area contributed by atoms with Gasteiger partial charge >= 0.3 is 5.82 Å². The number of ether oxygens (including phenoxy) is 1. The first-order valence-electron chi connectivity index (χ1n) is 8.23. The van der Waals surface area contributed by atoms with Crippen LogP contribution >= 0.6 is 0 Å². The number of aromatic nitrogens is 1. The lowest BCUT2D eigenvalue weighted by Crippen LogP contribution is -2.51. The first-order chi connectivity index (χ1) is 12.2. The van der Waals surface area contributed by atoms with Gasteiger partial charge in [-0.3, -0.25) is 9.69 Å². The average molecular weight is 340 g/mol. The Morgan fingerprint density at radius 2 is 1.96 bits per heavy atom. The van der Waals surface area contributed by atoms with E-state index in [1.54, 1.807) is 31.5 Å². The molecular formula is C19H22N3O3+. The molecule has 2 heterocycles. The molecule has 1 aromatic heterocycles. The Bertz CT molecular complexity index is 768. The molecule has 3 rings (SSSR count). The topological polar surface area (TPSA) is 56.9 Å². The molecule has 6 nitrogen and oxygen atoms in total. The minimum Gasteiger partial charge on any atom is -0.497 e. The van der Waals surface area contributed by atoms with Crippen molar-refractivity contribution in [1.82, 2.24) is 4.90 Å². The van der Waals surface area contributed by atoms with Crippen LogP contribution in [0.3, 0.4) is 0 Å². The molecule has 1 N–H and O–H groups in total. The molecule has 0 saturated carbocycles. The molecule has 0 spiro atoms. The van der Waals surface area contributed by atoms with E-state index in [4.69, 9.17) is 4.74 Å². The first kappa shape index (κ1) is 16.8. The highest BCUT2D eigenvalue weighted by Gasteiger charge is 2.26. The second kappa shape index (κ2) is 7.70. The zero-order valence-electron chi connectivity index (χ0n) is 14.2. The maximum absolute atomic E-state index is 12.4. The highest BCUT2D eigenvalue weighted by atomic mass is 16.5. The van der Waals surface area contributed by atoms with Gasteiger partial charge in [0.15, 0.2) is 0 Å². The van der Waals surface area contributed by atoms with E-state index in [0.29, 0.717) is 26.2 Å². The van der Waals surface area contributed by atoms with E-state index < -0.39 is 0 Å². The average Bonchev–Trinajstić information content (AvgIpc) is 2.67. The molecule has 1 aliphatic heterocycles. The van der Waals surface area contributed by atoms with Crippen LogP contribution in [0.2, 0.25) is 0 Å². The molecule has 0 unspecified atom stereocenters. The Morgan fingerprint density at radius 3 is 2.68 bits per heavy atom. The van der Waals surface area contributed by atoms with E-state index >= 15 is 0 Å². The minimum atomic E-state index is -0.00703. The van der Waals surface area contributed by atoms with Crippen LogP contribution in [0.15, 0.2) is 54.7 Å². The molecule has 0 radical (unpaired) electrons. The quantitative estimate of drug-likeness (QED) is 0.522. The number of benzene rings is 1. The van der Waals surface area contributed by atoms with E-state index in [1.807, 2.05) is 41.3 Å². The number of carbonyl (C=O) groups is 1. The highest BCUT2D eigenvalue weighted by molar-refractivity contribution is 5.92. The summed E-state index contributed by atoms with van der Waals surface area (Å²) in [6, 6.07) is 13.1. The Morgan fingerprint density at radius 1 is 1.16 bits per heavy atom. The van der Waals surface area contributed by atoms with Crippen molar-refractivity contribution in [3.05, 3.63) is 60.3 Å². The maximum atomic E-state index is 12.4. The molecule has 1 aliphatic rings. The van der Waals surface area contributed by atoms with Gasteiger partial charge in [-0.15, -0.1) is 0 Å². The number of hydrogen-bond acceptors (Lipinski definition) is 4. The number of carbonyl (C=O) groups excluding carboxylic acids is 1. The van der Waals surface area contributed by atoms with Crippen LogP contribution in [-0.4, -0.2) is 49.3 Å². The summed E-state index contributed by atoms with van der Waals surface area (Å²) in [7, 11) is 1.62. The lowest BCUT2D eigenvalue weighted by Gasteiger charge is -2.30. The molecule has 6 heteroatoms. The van der Waals surface area contributed by atoms with Crippen molar-refractivity contribution in [3.8, 4) is 5.75 Å². The summed E-state index contributed by atoms with van der Waals surface area (Å²) in [5.74, 6) is 1.50. The number of nitrogens with zero attached hydrogens (tertiary/aromatic N) is 3. The Hall–Kier alpha value is -3.02. The molecule has 0 bridgehead atoms. The van der Waals surface area contributed by atoms with Crippen LogP contribution in [0, 0.1) is 0 Å². The van der Waals surface area contributed by atoms with E-state index in [1.165, 1.54) is 0 Å². The van der Waals surface area contributed by atoms with Crippen molar-refractivity contribution in [2.45, 2.75) is 0 Å². The van der Waals surface area contributed by atoms with E-state index in [2.05, 4.69) is 4.90 Å². The van der Waals surface area contributed by atoms with Crippen molar-refractivity contribution in [2.75, 3.05) is 38.2 Å². The third kappa shape index (κ3) is 4.09. The van der Waals surface area contributed by atoms with Crippen molar-refractivity contribution < 1.29 is 19.5 Å². The van der Waals surface area contributed by atoms with Gasteiger partial charge in [0.25, 0.3) is 0 Å². The van der Waals surface area contributed by atoms with Crippen molar-refractivity contribution in [2.24, 2.45) is 0 Å². The van der Waals surface area contributed by atoms with E-state index in [9.17, 15) is 10.0 Å². The molecule has 0 aliphatic carbocycles. The predicted octanol–water partition coefficient (Wildman–Crippen LogP) is 1.58. The van der Waals surface area contributed by atoms with Crippen LogP contribution < -0.4 is 14.4 Å². The normalized spacial score (nSPS) is 14.8. The van der Waals surface area contributed by atoms with Crippen LogP contribution in [0.5, 0.6) is 5.75 Å². The number of anilines is 1. The minimum absolute atomic E-state index is 0.00703. The molecule has 1 saturated heterocycles. The van der Waals surface area contributed by atoms with Gasteiger partial charge in [-0.05, 0) is 29.8 Å². The SMILES string of the molecule is COc1cccc(/C=C/C(=O)N2CCN(c3cccc[n+]3O)CC2)c1. The van der Waals surface area contributed by atoms with Gasteiger partial charge in [0.05, 0.1) is 20.2 Å². The zero-order chi connectivity index (χ0) is 17.6. The molecule has 0 atom stereocenters. The van der Waals surface area contributed by atoms with Crippen LogP contribution in [0.25, 0.3) is 6.08 Å². The van der Waals surface area contributed by atoms with E-state index in [0.717, 1.165) is 21.9 Å². The smallest absolute Gasteiger partial charge is 0.316 e. The second-order valence-corrected chi connectivity index (χ2v) is 5.83. The lowest BCUT2D eigenvalue weighted by atomic mass is 10.2. The summed E-state index contributed by atoms with van der Waals surface area (Å²) in [4.78, 5) is 16.3. The molecule has 1 aromatic carbocycles. The summed E-state index contributed by atoms with van der Waals surface area (Å²) in [6.45, 7) is 2.61. The summed E-state index contributed by atoms with van der Waals surface area (Å²) in [5.41, 5.74) is 0.928. The Balaban J connectivity index is 1.58. The first-order valence-corrected chi connectivity index (χ1v) is 8.23. The molecule has 130 valence electrons. The standard InChI is InChI=1S/C19H22N3O3/c1-25-17-6-4-5-16(15-17)8-9-19(23)21-13-11-20(12-14-21)18-7-2-3-10-22(18)24/h2-10,15,24H,11-14H2,1H3/q+1/b9-8+. The molecule has 1 amide bonds. The summed E-state index contributed by atoms with van der Waals surface area (Å²) < 4.78 is 6.30. The number of amides is 1. The van der Waals surface area contributed by atoms with E-state index in [-0.39, 0.29) is 5.91 Å². The lowest BCUT2D eigenvalue weighted by molar-refractivity contribution is -0.894. The monoisotopic (exact) mass is 340 g/mol. The highest BCUT2D eigenvalue weighted by Crippen LogP contribution is 2.15. The summed E-state index contributed by atoms with van der Waals surface area (Å²) in [5, 5.41) is 9.86. The number of piperazine rings is 1. The third-order valence-corrected chi connectivity index (χ3v) is 4.25. The van der Waals surface area contributed by atoms with Crippen molar-refractivity contribution in [3.63, 3.8) is 0 Å². The molecule has 25 heavy (non-hydrogen) atoms. The second-order valence-electron chi connectivity index (χ2n) is 5.83. The van der Waals surface area contributed by atoms with Gasteiger partial charge < -0.3 is 14.8 Å². The molecular weight excluding hydrogens is 318 g/mol. The van der Waals surface area contributed by atoms with Crippen LogP contribution in [0.4, 0.5) is 5.82 Å². The van der Waals surface area contributed by atoms with Crippen molar-refractivity contribution >= 4 is 17.8 Å². The van der Waals surface area contributed by atoms with Gasteiger partial charge in [0.2, 0.25) is 5.91 Å². The number of pyridine rings is 1.